The fourth-order valence-electron chi connectivity index (χ4n) is 1.69. The normalized spacial score (nSPS) is 13.3. The van der Waals surface area contributed by atoms with E-state index in [1.165, 1.54) is 11.8 Å². The highest BCUT2D eigenvalue weighted by Crippen LogP contribution is 2.25. The summed E-state index contributed by atoms with van der Waals surface area (Å²) in [6, 6.07) is 3.43. The minimum absolute atomic E-state index is 0.377. The van der Waals surface area contributed by atoms with Gasteiger partial charge < -0.3 is 15.7 Å². The maximum Gasteiger partial charge on any atom is 0.326 e. The topological polar surface area (TPSA) is 78.4 Å². The van der Waals surface area contributed by atoms with Gasteiger partial charge in [-0.1, -0.05) is 23.2 Å². The standard InChI is InChI=1S/C14H18Cl2N2O3S/c1-8(17-9-3-4-10(15)11(16)7-9)13(19)18-12(14(20)21)5-6-22-2/h3-4,7-8,12,17H,5-6H2,1-2H3,(H,18,19)(H,20,21)/t8-,12-/m0/s1. The molecule has 1 amide bonds. The molecule has 0 unspecified atom stereocenters. The molecule has 0 aliphatic rings. The van der Waals surface area contributed by atoms with E-state index in [0.717, 1.165) is 0 Å². The molecule has 8 heteroatoms. The molecule has 1 aromatic carbocycles. The number of carbonyl (C=O) groups excluding carboxylic acids is 1. The van der Waals surface area contributed by atoms with Crippen molar-refractivity contribution in [2.45, 2.75) is 25.4 Å². The van der Waals surface area contributed by atoms with Crippen molar-refractivity contribution in [3.05, 3.63) is 28.2 Å². The number of hydrogen-bond acceptors (Lipinski definition) is 4. The predicted molar refractivity (Wildman–Crippen MR) is 92.1 cm³/mol. The van der Waals surface area contributed by atoms with Gasteiger partial charge in [-0.2, -0.15) is 11.8 Å². The quantitative estimate of drug-likeness (QED) is 0.660. The molecule has 0 aromatic heterocycles. The zero-order chi connectivity index (χ0) is 16.7. The van der Waals surface area contributed by atoms with Crippen LogP contribution in [-0.2, 0) is 9.59 Å². The smallest absolute Gasteiger partial charge is 0.326 e. The number of carbonyl (C=O) groups is 2. The molecule has 122 valence electrons. The summed E-state index contributed by atoms with van der Waals surface area (Å²) in [6.07, 6.45) is 2.26. The molecule has 0 saturated heterocycles. The summed E-state index contributed by atoms with van der Waals surface area (Å²) in [5.74, 6) is -0.769. The fourth-order valence-corrected chi connectivity index (χ4v) is 2.46. The number of hydrogen-bond donors (Lipinski definition) is 3. The average Bonchev–Trinajstić information content (AvgIpc) is 2.46. The first-order valence-electron chi connectivity index (χ1n) is 6.59. The number of aliphatic carboxylic acids is 1. The summed E-state index contributed by atoms with van der Waals surface area (Å²) in [6.45, 7) is 1.64. The van der Waals surface area contributed by atoms with Gasteiger partial charge in [-0.05, 0) is 43.6 Å². The average molecular weight is 365 g/mol. The second-order valence-electron chi connectivity index (χ2n) is 4.68. The number of thioether (sulfide) groups is 1. The highest BCUT2D eigenvalue weighted by atomic mass is 35.5. The van der Waals surface area contributed by atoms with Crippen LogP contribution in [0.1, 0.15) is 13.3 Å². The molecule has 0 fully saturated rings. The molecule has 0 aliphatic heterocycles. The Labute approximate surface area is 143 Å². The zero-order valence-corrected chi connectivity index (χ0v) is 14.6. The van der Waals surface area contributed by atoms with Crippen molar-refractivity contribution in [2.24, 2.45) is 0 Å². The molecule has 0 aliphatic carbocycles. The molecule has 0 saturated carbocycles. The SMILES string of the molecule is CSCC[C@H](NC(=O)[C@H](C)Nc1ccc(Cl)c(Cl)c1)C(=O)O. The van der Waals surface area contributed by atoms with Crippen molar-refractivity contribution >= 4 is 52.5 Å². The Hall–Kier alpha value is -1.11. The van der Waals surface area contributed by atoms with Crippen molar-refractivity contribution in [1.29, 1.82) is 0 Å². The van der Waals surface area contributed by atoms with Gasteiger partial charge in [0.1, 0.15) is 12.1 Å². The van der Waals surface area contributed by atoms with Crippen LogP contribution in [0.5, 0.6) is 0 Å². The maximum absolute atomic E-state index is 12.1. The Morgan fingerprint density at radius 2 is 2.00 bits per heavy atom. The summed E-state index contributed by atoms with van der Waals surface area (Å²) in [4.78, 5) is 23.2. The number of benzene rings is 1. The van der Waals surface area contributed by atoms with Crippen molar-refractivity contribution in [1.82, 2.24) is 5.32 Å². The van der Waals surface area contributed by atoms with Crippen molar-refractivity contribution < 1.29 is 14.7 Å². The minimum Gasteiger partial charge on any atom is -0.480 e. The van der Waals surface area contributed by atoms with Crippen LogP contribution in [0.15, 0.2) is 18.2 Å². The molecule has 1 rings (SSSR count). The Morgan fingerprint density at radius 1 is 1.32 bits per heavy atom. The number of carboxylic acids is 1. The monoisotopic (exact) mass is 364 g/mol. The minimum atomic E-state index is -1.04. The molecule has 3 N–H and O–H groups in total. The van der Waals surface area contributed by atoms with E-state index in [-0.39, 0.29) is 5.91 Å². The first-order chi connectivity index (χ1) is 10.3. The Morgan fingerprint density at radius 3 is 2.55 bits per heavy atom. The van der Waals surface area contributed by atoms with Crippen LogP contribution >= 0.6 is 35.0 Å². The van der Waals surface area contributed by atoms with Crippen LogP contribution in [0, 0.1) is 0 Å². The van der Waals surface area contributed by atoms with Gasteiger partial charge in [-0.15, -0.1) is 0 Å². The van der Waals surface area contributed by atoms with Crippen molar-refractivity contribution in [3.8, 4) is 0 Å². The van der Waals surface area contributed by atoms with Crippen LogP contribution in [-0.4, -0.2) is 41.1 Å². The predicted octanol–water partition coefficient (Wildman–Crippen LogP) is 3.12. The summed E-state index contributed by atoms with van der Waals surface area (Å²) >= 11 is 13.3. The van der Waals surface area contributed by atoms with Gasteiger partial charge in [-0.25, -0.2) is 4.79 Å². The van der Waals surface area contributed by atoms with Crippen molar-refractivity contribution in [2.75, 3.05) is 17.3 Å². The van der Waals surface area contributed by atoms with Gasteiger partial charge in [0.2, 0.25) is 5.91 Å². The molecule has 5 nitrogen and oxygen atoms in total. The number of halogens is 2. The molecule has 0 radical (unpaired) electrons. The highest BCUT2D eigenvalue weighted by Gasteiger charge is 2.22. The summed E-state index contributed by atoms with van der Waals surface area (Å²) in [5, 5.41) is 15.4. The lowest BCUT2D eigenvalue weighted by atomic mass is 10.2. The maximum atomic E-state index is 12.1. The van der Waals surface area contributed by atoms with Crippen LogP contribution in [0.2, 0.25) is 10.0 Å². The Kier molecular flexibility index (Phi) is 7.85. The van der Waals surface area contributed by atoms with E-state index in [2.05, 4.69) is 10.6 Å². The Bertz CT molecular complexity index is 543. The first kappa shape index (κ1) is 18.9. The van der Waals surface area contributed by atoms with Crippen molar-refractivity contribution in [3.63, 3.8) is 0 Å². The lowest BCUT2D eigenvalue weighted by molar-refractivity contribution is -0.141. The highest BCUT2D eigenvalue weighted by molar-refractivity contribution is 7.98. The van der Waals surface area contributed by atoms with Gasteiger partial charge >= 0.3 is 5.97 Å². The van der Waals surface area contributed by atoms with Gasteiger partial charge in [-0.3, -0.25) is 4.79 Å². The lowest BCUT2D eigenvalue weighted by Crippen LogP contribution is -2.47. The van der Waals surface area contributed by atoms with Crippen LogP contribution in [0.3, 0.4) is 0 Å². The molecule has 1 aromatic rings. The van der Waals surface area contributed by atoms with Gasteiger partial charge in [0.05, 0.1) is 10.0 Å². The third kappa shape index (κ3) is 5.94. The molecule has 0 heterocycles. The number of carboxylic acid groups (broad SMARTS) is 1. The van der Waals surface area contributed by atoms with Crippen LogP contribution in [0.4, 0.5) is 5.69 Å². The molecule has 2 atom stereocenters. The number of nitrogens with one attached hydrogen (secondary N) is 2. The largest absolute Gasteiger partial charge is 0.480 e. The number of anilines is 1. The van der Waals surface area contributed by atoms with E-state index in [4.69, 9.17) is 28.3 Å². The van der Waals surface area contributed by atoms with E-state index < -0.39 is 18.1 Å². The van der Waals surface area contributed by atoms with Crippen LogP contribution in [0.25, 0.3) is 0 Å². The van der Waals surface area contributed by atoms with E-state index in [9.17, 15) is 9.59 Å². The number of rotatable bonds is 8. The fraction of sp³-hybridized carbons (Fsp3) is 0.429. The molecule has 0 bridgehead atoms. The second kappa shape index (κ2) is 9.12. The molecule has 0 spiro atoms. The first-order valence-corrected chi connectivity index (χ1v) is 8.73. The molecular weight excluding hydrogens is 347 g/mol. The van der Waals surface area contributed by atoms with Crippen LogP contribution < -0.4 is 10.6 Å². The van der Waals surface area contributed by atoms with E-state index in [0.29, 0.717) is 27.9 Å². The number of amides is 1. The second-order valence-corrected chi connectivity index (χ2v) is 6.48. The van der Waals surface area contributed by atoms with E-state index in [1.54, 1.807) is 25.1 Å². The molecular formula is C14H18Cl2N2O3S. The molecule has 22 heavy (non-hydrogen) atoms. The summed E-state index contributed by atoms with van der Waals surface area (Å²) in [5.41, 5.74) is 0.632. The summed E-state index contributed by atoms with van der Waals surface area (Å²) < 4.78 is 0. The third-order valence-corrected chi connectivity index (χ3v) is 4.30. The van der Waals surface area contributed by atoms with Gasteiger partial charge in [0.25, 0.3) is 0 Å². The third-order valence-electron chi connectivity index (χ3n) is 2.92. The lowest BCUT2D eigenvalue weighted by Gasteiger charge is -2.19. The Balaban J connectivity index is 2.63. The van der Waals surface area contributed by atoms with E-state index in [1.807, 2.05) is 6.26 Å². The van der Waals surface area contributed by atoms with E-state index >= 15 is 0 Å². The van der Waals surface area contributed by atoms with Gasteiger partial charge in [0.15, 0.2) is 0 Å². The summed E-state index contributed by atoms with van der Waals surface area (Å²) in [7, 11) is 0. The zero-order valence-electron chi connectivity index (χ0n) is 12.2. The van der Waals surface area contributed by atoms with Gasteiger partial charge in [0, 0.05) is 5.69 Å².